The zero-order valence-electron chi connectivity index (χ0n) is 57.7. The number of carbonyl (C=O) groups excluding carboxylic acids is 5. The number of imidazole rings is 1. The van der Waals surface area contributed by atoms with Crippen LogP contribution in [0.5, 0.6) is 11.5 Å². The average Bonchev–Trinajstić information content (AvgIpc) is 1.64. The Morgan fingerprint density at radius 2 is 1.35 bits per heavy atom. The maximum absolute atomic E-state index is 13.5. The Kier molecular flexibility index (Phi) is 23.1. The summed E-state index contributed by atoms with van der Waals surface area (Å²) >= 11 is 0. The van der Waals surface area contributed by atoms with Crippen molar-refractivity contribution in [2.75, 3.05) is 65.6 Å². The van der Waals surface area contributed by atoms with E-state index in [0.29, 0.717) is 23.5 Å². The van der Waals surface area contributed by atoms with Gasteiger partial charge in [0.2, 0.25) is 24.1 Å². The number of anilines is 1. The molecule has 0 saturated carbocycles. The fraction of sp³-hybridized carbons (Fsp3) is 0.333. The summed E-state index contributed by atoms with van der Waals surface area (Å²) in [6, 6.07) is 47.5. The molecule has 106 heavy (non-hydrogen) atoms. The molecule has 30 nitrogen and oxygen atoms in total. The molecule has 8 aromatic rings. The van der Waals surface area contributed by atoms with Crippen molar-refractivity contribution in [3.05, 3.63) is 208 Å². The summed E-state index contributed by atoms with van der Waals surface area (Å²) in [5, 5.41) is 42.7. The highest BCUT2D eigenvalue weighted by molar-refractivity contribution is 7.55. The fourth-order valence-electron chi connectivity index (χ4n) is 13.3. The summed E-state index contributed by atoms with van der Waals surface area (Å²) < 4.78 is 55.1. The molecule has 8 N–H and O–H groups in total. The van der Waals surface area contributed by atoms with Gasteiger partial charge < -0.3 is 64.4 Å². The van der Waals surface area contributed by atoms with E-state index in [1.807, 2.05) is 78.9 Å². The number of H-pyrrole nitrogens is 1. The number of nitriles is 1. The number of alkyl carbamates (subject to hydrolysis) is 1. The summed E-state index contributed by atoms with van der Waals surface area (Å²) in [4.78, 5) is 109. The number of amidine groups is 1. The lowest BCUT2D eigenvalue weighted by Gasteiger charge is -2.32. The van der Waals surface area contributed by atoms with Gasteiger partial charge in [0.1, 0.15) is 81.1 Å². The van der Waals surface area contributed by atoms with E-state index in [2.05, 4.69) is 65.5 Å². The number of nitrogens with one attached hydrogen (secondary N) is 5. The number of rotatable bonds is 29. The van der Waals surface area contributed by atoms with Crippen LogP contribution < -0.4 is 36.3 Å². The van der Waals surface area contributed by atoms with E-state index >= 15 is 0 Å². The molecule has 31 heteroatoms. The maximum Gasteiger partial charge on any atom is 0.573 e. The Labute approximate surface area is 608 Å². The average molecular weight is 1470 g/mol. The van der Waals surface area contributed by atoms with Gasteiger partial charge in [-0.15, -0.1) is 4.52 Å². The number of fused-ring (bicyclic) bond motifs is 7. The van der Waals surface area contributed by atoms with Gasteiger partial charge in [-0.05, 0) is 99.0 Å². The molecule has 0 bridgehead atoms. The normalized spacial score (nSPS) is 19.7. The van der Waals surface area contributed by atoms with Crippen LogP contribution >= 0.6 is 8.17 Å². The molecule has 0 radical (unpaired) electrons. The second-order valence-corrected chi connectivity index (χ2v) is 27.3. The second kappa shape index (κ2) is 33.4. The van der Waals surface area contributed by atoms with Crippen LogP contribution in [-0.4, -0.2) is 177 Å². The van der Waals surface area contributed by atoms with Crippen molar-refractivity contribution in [1.29, 1.82) is 5.26 Å². The number of ether oxygens (including phenoxy) is 6. The Hall–Kier alpha value is -11.0. The Bertz CT molecular complexity index is 4600. The Balaban J connectivity index is 0.581. The number of methoxy groups -OCH3 is 1. The monoisotopic (exact) mass is 1470 g/mol. The SMILES string of the molecule is COc1ccc(OC[C@H]2O[C@@H](n3cnc4c(=O)[nH]c(NC(=O)CCNC(=O)c5ccc(CNC(=O)OCC6c7ccccc7-c7ccccc76)cc5)nc43)CC2O[P+](O)(OCCC#N)OC[C@H]2O[C@@H](N3C=CC(NC(=O)CCCN(C)C(=O)OCC4c5ccccc5-c5ccccc54)=NC3O)CC2O)cc1. The van der Waals surface area contributed by atoms with Gasteiger partial charge in [-0.25, -0.2) is 19.6 Å². The largest absolute Gasteiger partial charge is 0.573 e. The van der Waals surface area contributed by atoms with Crippen LogP contribution in [0.25, 0.3) is 33.4 Å². The summed E-state index contributed by atoms with van der Waals surface area (Å²) in [5.41, 5.74) is 9.07. The maximum atomic E-state index is 13.5. The highest BCUT2D eigenvalue weighted by Crippen LogP contribution is 2.61. The number of hydrogen-bond acceptors (Lipinski definition) is 23. The summed E-state index contributed by atoms with van der Waals surface area (Å²) in [5.74, 6) is -0.858. The molecule has 2 aliphatic carbocycles. The third-order valence-electron chi connectivity index (χ3n) is 18.7. The molecule has 0 spiro atoms. The number of aliphatic hydroxyl groups excluding tert-OH is 2. The Morgan fingerprint density at radius 1 is 0.726 bits per heavy atom. The van der Waals surface area contributed by atoms with Crippen LogP contribution in [0.3, 0.4) is 0 Å². The first-order valence-electron chi connectivity index (χ1n) is 34.5. The summed E-state index contributed by atoms with van der Waals surface area (Å²) in [6.45, 7) is -0.435. The van der Waals surface area contributed by atoms with Crippen LogP contribution in [0, 0.1) is 11.3 Å². The van der Waals surface area contributed by atoms with Crippen LogP contribution in [0.1, 0.15) is 94.8 Å². The van der Waals surface area contributed by atoms with Gasteiger partial charge in [-0.2, -0.15) is 24.2 Å². The first-order valence-corrected chi connectivity index (χ1v) is 36.0. The first-order chi connectivity index (χ1) is 51.5. The zero-order chi connectivity index (χ0) is 73.8. The third kappa shape index (κ3) is 17.2. The second-order valence-electron chi connectivity index (χ2n) is 25.6. The number of amides is 5. The quantitative estimate of drug-likeness (QED) is 0.0162. The molecule has 550 valence electrons. The molecule has 2 saturated heterocycles. The predicted molar refractivity (Wildman–Crippen MR) is 384 cm³/mol. The summed E-state index contributed by atoms with van der Waals surface area (Å²) in [7, 11) is -1.37. The smallest absolute Gasteiger partial charge is 0.497 e. The number of aromatic nitrogens is 4. The number of hydrogen-bond donors (Lipinski definition) is 8. The minimum absolute atomic E-state index is 0.0103. The molecule has 5 heterocycles. The van der Waals surface area contributed by atoms with Crippen LogP contribution in [0.2, 0.25) is 0 Å². The minimum Gasteiger partial charge on any atom is -0.497 e. The fourth-order valence-corrected chi connectivity index (χ4v) is 14.7. The van der Waals surface area contributed by atoms with Crippen molar-refractivity contribution in [1.82, 2.24) is 45.3 Å². The molecule has 3 aliphatic heterocycles. The van der Waals surface area contributed by atoms with Crippen LogP contribution in [0.15, 0.2) is 174 Å². The van der Waals surface area contributed by atoms with Gasteiger partial charge >= 0.3 is 20.4 Å². The van der Waals surface area contributed by atoms with Crippen molar-refractivity contribution in [3.63, 3.8) is 0 Å². The molecule has 4 unspecified atom stereocenters. The Morgan fingerprint density at radius 3 is 1.99 bits per heavy atom. The predicted octanol–water partition coefficient (Wildman–Crippen LogP) is 8.05. The number of benzene rings is 6. The van der Waals surface area contributed by atoms with Crippen molar-refractivity contribution in [2.45, 2.75) is 100 Å². The van der Waals surface area contributed by atoms with Gasteiger partial charge in [0.25, 0.3) is 11.5 Å². The zero-order valence-corrected chi connectivity index (χ0v) is 58.6. The minimum atomic E-state index is -4.49. The molecular formula is C75H78N12O18P+. The lowest BCUT2D eigenvalue weighted by atomic mass is 9.98. The molecule has 8 atom stereocenters. The van der Waals surface area contributed by atoms with Gasteiger partial charge in [0, 0.05) is 76.0 Å². The van der Waals surface area contributed by atoms with E-state index in [-0.39, 0.29) is 113 Å². The van der Waals surface area contributed by atoms with Crippen LogP contribution in [-0.2, 0) is 48.7 Å². The number of carbonyl (C=O) groups is 5. The van der Waals surface area contributed by atoms with E-state index in [0.717, 1.165) is 50.1 Å². The molecule has 6 aromatic carbocycles. The van der Waals surface area contributed by atoms with E-state index in [9.17, 15) is 49.1 Å². The molecule has 13 rings (SSSR count). The standard InChI is InChI=1S/C75H77N12O18P/c1-85(75(95)100-41-58-55-19-9-5-15-51(55)52-16-6-10-20-56(52)58)34-11-21-64(89)80-63-31-35-86(73(93)81-63)66-37-59(88)61(103-66)43-102-106(96,101-36-12-32-76)105-60-38-67(104-62(60)42-98-48-28-26-47(97-2)27-29-48)87-44-79-68-69(87)83-72(84-71(68)92)82-65(90)30-33-77-70(91)46-24-22-45(23-25-46)39-78-74(94)99-40-57-53-17-7-3-13-49(53)50-14-4-8-18-54(50)57/h3-10,13-20,22-29,31,35,44,57-62,66-67,73,88,93,96H,11-12,21,30,33-34,36-43H2,1-2H3,(H4-,77,78,80,81,82,83,84,89,90,91,92,94)/p+1/t59?,60?,61-,62-,66-,67-,73?,106?/m1/s1. The molecular weight excluding hydrogens is 1390 g/mol. The number of aliphatic imine (C=N–C) groups is 1. The van der Waals surface area contributed by atoms with E-state index < -0.39 is 93.5 Å². The van der Waals surface area contributed by atoms with E-state index in [1.54, 1.807) is 55.6 Å². The third-order valence-corrected chi connectivity index (χ3v) is 20.2. The van der Waals surface area contributed by atoms with Crippen molar-refractivity contribution < 1.29 is 81.1 Å². The summed E-state index contributed by atoms with van der Waals surface area (Å²) in [6.07, 6.45) is -5.18. The van der Waals surface area contributed by atoms with Crippen molar-refractivity contribution in [2.24, 2.45) is 4.99 Å². The lowest BCUT2D eigenvalue weighted by Crippen LogP contribution is -2.43. The number of nitrogens with zero attached hydrogens (tertiary/aromatic N) is 7. The highest BCUT2D eigenvalue weighted by Gasteiger charge is 2.54. The highest BCUT2D eigenvalue weighted by atomic mass is 31.2. The van der Waals surface area contributed by atoms with Gasteiger partial charge in [-0.1, -0.05) is 109 Å². The molecule has 5 aliphatic rings. The van der Waals surface area contributed by atoms with E-state index in [1.165, 1.54) is 40.1 Å². The lowest BCUT2D eigenvalue weighted by molar-refractivity contribution is -0.120. The number of aromatic amines is 1. The molecule has 2 fully saturated rings. The van der Waals surface area contributed by atoms with Gasteiger partial charge in [0.05, 0.1) is 32.0 Å². The van der Waals surface area contributed by atoms with E-state index in [4.69, 9.17) is 42.0 Å². The van der Waals surface area contributed by atoms with Gasteiger partial charge in [-0.3, -0.25) is 34.0 Å². The topological polar surface area (TPSA) is 383 Å². The van der Waals surface area contributed by atoms with Gasteiger partial charge in [0.15, 0.2) is 11.2 Å². The molecule has 2 aromatic heterocycles. The van der Waals surface area contributed by atoms with Crippen molar-refractivity contribution in [3.8, 4) is 39.8 Å². The molecule has 5 amide bonds. The van der Waals surface area contributed by atoms with Crippen LogP contribution in [0.4, 0.5) is 15.5 Å². The number of aliphatic hydroxyl groups is 2. The van der Waals surface area contributed by atoms with Crippen molar-refractivity contribution >= 4 is 61.0 Å². The first kappa shape index (κ1) is 73.3.